The lowest BCUT2D eigenvalue weighted by atomic mass is 9.77. The van der Waals surface area contributed by atoms with Crippen LogP contribution in [0.1, 0.15) is 12.8 Å². The van der Waals surface area contributed by atoms with Gasteiger partial charge in [0.05, 0.1) is 0 Å². The fraction of sp³-hybridized carbons (Fsp3) is 0.778. The second kappa shape index (κ2) is 3.88. The Hall–Kier alpha value is -0.340. The van der Waals surface area contributed by atoms with Crippen LogP contribution in [0.25, 0.3) is 0 Å². The second-order valence-electron chi connectivity index (χ2n) is 3.46. The van der Waals surface area contributed by atoms with Crippen molar-refractivity contribution in [3.8, 4) is 0 Å². The van der Waals surface area contributed by atoms with Crippen LogP contribution in [0.15, 0.2) is 12.7 Å². The molecule has 0 spiro atoms. The molecule has 0 aromatic rings. The van der Waals surface area contributed by atoms with Gasteiger partial charge in [0.2, 0.25) is 0 Å². The fourth-order valence-electron chi connectivity index (χ4n) is 1.65. The highest BCUT2D eigenvalue weighted by Crippen LogP contribution is 2.27. The molecule has 0 radical (unpaired) electrons. The lowest BCUT2D eigenvalue weighted by molar-refractivity contribution is 0.153. The predicted octanol–water partition coefficient (Wildman–Crippen LogP) is 0.762. The van der Waals surface area contributed by atoms with E-state index >= 15 is 0 Å². The summed E-state index contributed by atoms with van der Waals surface area (Å²) in [5, 5.41) is 6.57. The topological polar surface area (TPSA) is 24.1 Å². The smallest absolute Gasteiger partial charge is 0.00800 e. The van der Waals surface area contributed by atoms with Crippen LogP contribution in [0, 0.1) is 5.41 Å². The molecule has 0 bridgehead atoms. The van der Waals surface area contributed by atoms with Gasteiger partial charge in [0.1, 0.15) is 0 Å². The maximum absolute atomic E-state index is 3.74. The Morgan fingerprint density at radius 1 is 1.64 bits per heavy atom. The standard InChI is InChI=1S/C9H18N2/c1-3-4-5-9(6-10-2)7-11-8-9/h3,10-11H,1,4-8H2,2H3. The van der Waals surface area contributed by atoms with E-state index in [4.69, 9.17) is 0 Å². The van der Waals surface area contributed by atoms with Crippen molar-refractivity contribution in [3.05, 3.63) is 12.7 Å². The minimum atomic E-state index is 0.531. The Kier molecular flexibility index (Phi) is 3.09. The Labute approximate surface area is 69.1 Å². The SMILES string of the molecule is C=CCCC1(CNC)CNC1. The predicted molar refractivity (Wildman–Crippen MR) is 48.7 cm³/mol. The van der Waals surface area contributed by atoms with E-state index in [1.807, 2.05) is 13.1 Å². The van der Waals surface area contributed by atoms with E-state index in [2.05, 4.69) is 17.2 Å². The first-order chi connectivity index (χ1) is 5.33. The summed E-state index contributed by atoms with van der Waals surface area (Å²) in [6, 6.07) is 0. The molecule has 1 saturated heterocycles. The third kappa shape index (κ3) is 2.04. The van der Waals surface area contributed by atoms with Crippen molar-refractivity contribution in [1.82, 2.24) is 10.6 Å². The summed E-state index contributed by atoms with van der Waals surface area (Å²) in [4.78, 5) is 0. The number of nitrogens with one attached hydrogen (secondary N) is 2. The van der Waals surface area contributed by atoms with E-state index < -0.39 is 0 Å². The van der Waals surface area contributed by atoms with Crippen molar-refractivity contribution >= 4 is 0 Å². The van der Waals surface area contributed by atoms with Gasteiger partial charge in [-0.05, 0) is 19.9 Å². The van der Waals surface area contributed by atoms with Gasteiger partial charge in [-0.3, -0.25) is 0 Å². The average Bonchev–Trinajstić information content (AvgIpc) is 1.95. The lowest BCUT2D eigenvalue weighted by Crippen LogP contribution is -2.57. The molecule has 0 aromatic carbocycles. The molecule has 2 N–H and O–H groups in total. The molecular formula is C9H18N2. The molecule has 2 heteroatoms. The average molecular weight is 154 g/mol. The molecule has 2 nitrogen and oxygen atoms in total. The highest BCUT2D eigenvalue weighted by Gasteiger charge is 2.34. The highest BCUT2D eigenvalue weighted by molar-refractivity contribution is 4.94. The lowest BCUT2D eigenvalue weighted by Gasteiger charge is -2.42. The first kappa shape index (κ1) is 8.75. The molecule has 0 amide bonds. The minimum Gasteiger partial charge on any atom is -0.319 e. The molecular weight excluding hydrogens is 136 g/mol. The first-order valence-corrected chi connectivity index (χ1v) is 4.29. The second-order valence-corrected chi connectivity index (χ2v) is 3.46. The molecule has 0 atom stereocenters. The maximum atomic E-state index is 3.74. The van der Waals surface area contributed by atoms with Gasteiger partial charge in [-0.2, -0.15) is 0 Å². The third-order valence-corrected chi connectivity index (χ3v) is 2.43. The van der Waals surface area contributed by atoms with Crippen LogP contribution in [0.4, 0.5) is 0 Å². The van der Waals surface area contributed by atoms with Gasteiger partial charge in [-0.25, -0.2) is 0 Å². The minimum absolute atomic E-state index is 0.531. The van der Waals surface area contributed by atoms with Crippen molar-refractivity contribution < 1.29 is 0 Å². The van der Waals surface area contributed by atoms with Crippen LogP contribution >= 0.6 is 0 Å². The van der Waals surface area contributed by atoms with Crippen LogP contribution in [0.5, 0.6) is 0 Å². The summed E-state index contributed by atoms with van der Waals surface area (Å²) < 4.78 is 0. The highest BCUT2D eigenvalue weighted by atomic mass is 15.0. The normalized spacial score (nSPS) is 20.8. The monoisotopic (exact) mass is 154 g/mol. The van der Waals surface area contributed by atoms with Crippen LogP contribution in [0.3, 0.4) is 0 Å². The fourth-order valence-corrected chi connectivity index (χ4v) is 1.65. The van der Waals surface area contributed by atoms with Crippen molar-refractivity contribution in [2.45, 2.75) is 12.8 Å². The van der Waals surface area contributed by atoms with Gasteiger partial charge in [-0.1, -0.05) is 6.08 Å². The van der Waals surface area contributed by atoms with E-state index in [0.29, 0.717) is 5.41 Å². The first-order valence-electron chi connectivity index (χ1n) is 4.29. The number of hydrogen-bond donors (Lipinski definition) is 2. The summed E-state index contributed by atoms with van der Waals surface area (Å²) in [6.07, 6.45) is 4.42. The summed E-state index contributed by atoms with van der Waals surface area (Å²) in [6.45, 7) is 7.21. The molecule has 1 heterocycles. The van der Waals surface area contributed by atoms with Gasteiger partial charge in [0, 0.05) is 25.0 Å². The van der Waals surface area contributed by atoms with Gasteiger partial charge >= 0.3 is 0 Å². The van der Waals surface area contributed by atoms with Crippen LogP contribution in [-0.4, -0.2) is 26.7 Å². The van der Waals surface area contributed by atoms with Crippen LogP contribution in [0.2, 0.25) is 0 Å². The summed E-state index contributed by atoms with van der Waals surface area (Å²) >= 11 is 0. The molecule has 1 aliphatic rings. The van der Waals surface area contributed by atoms with Gasteiger partial charge in [-0.15, -0.1) is 6.58 Å². The molecule has 1 rings (SSSR count). The van der Waals surface area contributed by atoms with Crippen molar-refractivity contribution in [3.63, 3.8) is 0 Å². The molecule has 0 aliphatic carbocycles. The van der Waals surface area contributed by atoms with E-state index in [1.54, 1.807) is 0 Å². The quantitative estimate of drug-likeness (QED) is 0.571. The summed E-state index contributed by atoms with van der Waals surface area (Å²) in [7, 11) is 2.02. The van der Waals surface area contributed by atoms with Crippen LogP contribution in [-0.2, 0) is 0 Å². The Morgan fingerprint density at radius 2 is 2.36 bits per heavy atom. The van der Waals surface area contributed by atoms with Gasteiger partial charge in [0.25, 0.3) is 0 Å². The summed E-state index contributed by atoms with van der Waals surface area (Å²) in [5.74, 6) is 0. The zero-order valence-corrected chi connectivity index (χ0v) is 7.32. The van der Waals surface area contributed by atoms with Gasteiger partial charge in [0.15, 0.2) is 0 Å². The van der Waals surface area contributed by atoms with E-state index in [9.17, 15) is 0 Å². The van der Waals surface area contributed by atoms with E-state index in [-0.39, 0.29) is 0 Å². The van der Waals surface area contributed by atoms with Crippen LogP contribution < -0.4 is 10.6 Å². The molecule has 1 fully saturated rings. The maximum Gasteiger partial charge on any atom is 0.00800 e. The number of hydrogen-bond acceptors (Lipinski definition) is 2. The molecule has 0 saturated carbocycles. The van der Waals surface area contributed by atoms with E-state index in [1.165, 1.54) is 19.5 Å². The molecule has 1 aliphatic heterocycles. The number of allylic oxidation sites excluding steroid dienone is 1. The van der Waals surface area contributed by atoms with Crippen molar-refractivity contribution in [2.75, 3.05) is 26.7 Å². The Morgan fingerprint density at radius 3 is 2.73 bits per heavy atom. The molecule has 0 unspecified atom stereocenters. The molecule has 64 valence electrons. The van der Waals surface area contributed by atoms with Crippen molar-refractivity contribution in [2.24, 2.45) is 5.41 Å². The largest absolute Gasteiger partial charge is 0.319 e. The Balaban J connectivity index is 2.27. The van der Waals surface area contributed by atoms with Gasteiger partial charge < -0.3 is 10.6 Å². The molecule has 0 aromatic heterocycles. The van der Waals surface area contributed by atoms with E-state index in [0.717, 1.165) is 13.0 Å². The third-order valence-electron chi connectivity index (χ3n) is 2.43. The summed E-state index contributed by atoms with van der Waals surface area (Å²) in [5.41, 5.74) is 0.531. The zero-order chi connectivity index (χ0) is 8.16. The number of rotatable bonds is 5. The Bertz CT molecular complexity index is 128. The van der Waals surface area contributed by atoms with Crippen molar-refractivity contribution in [1.29, 1.82) is 0 Å². The zero-order valence-electron chi connectivity index (χ0n) is 7.32. The molecule has 11 heavy (non-hydrogen) atoms.